The third-order valence-corrected chi connectivity index (χ3v) is 4.85. The zero-order valence-electron chi connectivity index (χ0n) is 11.0. The van der Waals surface area contributed by atoms with Gasteiger partial charge in [-0.15, -0.1) is 0 Å². The molecule has 106 valence electrons. The molecule has 0 saturated carbocycles. The quantitative estimate of drug-likeness (QED) is 0.919. The highest BCUT2D eigenvalue weighted by atomic mass is 32.2. The van der Waals surface area contributed by atoms with Crippen LogP contribution >= 0.6 is 0 Å². The van der Waals surface area contributed by atoms with E-state index in [1.165, 1.54) is 16.4 Å². The van der Waals surface area contributed by atoms with Gasteiger partial charge in [0, 0.05) is 19.6 Å². The summed E-state index contributed by atoms with van der Waals surface area (Å²) in [5.41, 5.74) is 0.745. The standard InChI is InChI=1S/C13H19FN2O2S/c1-11-3-2-8-16(10-11)19(17,18)15-9-12-4-6-13(14)7-5-12/h4-7,11,15H,2-3,8-10H2,1H3/t11-/m0/s1. The van der Waals surface area contributed by atoms with Gasteiger partial charge in [-0.2, -0.15) is 17.4 Å². The monoisotopic (exact) mass is 286 g/mol. The largest absolute Gasteiger partial charge is 0.279 e. The van der Waals surface area contributed by atoms with Gasteiger partial charge in [0.1, 0.15) is 5.82 Å². The average Bonchev–Trinajstić information content (AvgIpc) is 2.38. The van der Waals surface area contributed by atoms with E-state index in [1.54, 1.807) is 12.1 Å². The SMILES string of the molecule is C[C@H]1CCCN(S(=O)(=O)NCc2ccc(F)cc2)C1. The van der Waals surface area contributed by atoms with Crippen molar-refractivity contribution < 1.29 is 12.8 Å². The van der Waals surface area contributed by atoms with Crippen molar-refractivity contribution in [1.82, 2.24) is 9.03 Å². The number of piperidine rings is 1. The van der Waals surface area contributed by atoms with Crippen LogP contribution < -0.4 is 4.72 Å². The van der Waals surface area contributed by atoms with Crippen LogP contribution in [0.3, 0.4) is 0 Å². The number of hydrogen-bond donors (Lipinski definition) is 1. The van der Waals surface area contributed by atoms with E-state index >= 15 is 0 Å². The molecule has 0 amide bonds. The maximum atomic E-state index is 12.7. The topological polar surface area (TPSA) is 49.4 Å². The van der Waals surface area contributed by atoms with Gasteiger partial charge >= 0.3 is 0 Å². The summed E-state index contributed by atoms with van der Waals surface area (Å²) in [6.07, 6.45) is 1.97. The number of halogens is 1. The Morgan fingerprint density at radius 2 is 2.05 bits per heavy atom. The van der Waals surface area contributed by atoms with Crippen LogP contribution in [0.25, 0.3) is 0 Å². The van der Waals surface area contributed by atoms with E-state index in [0.29, 0.717) is 19.0 Å². The first-order valence-corrected chi connectivity index (χ1v) is 7.90. The van der Waals surface area contributed by atoms with Crippen LogP contribution in [-0.2, 0) is 16.8 Å². The zero-order valence-corrected chi connectivity index (χ0v) is 11.8. The van der Waals surface area contributed by atoms with Crippen molar-refractivity contribution in [3.63, 3.8) is 0 Å². The van der Waals surface area contributed by atoms with E-state index in [2.05, 4.69) is 11.6 Å². The van der Waals surface area contributed by atoms with Crippen molar-refractivity contribution in [2.75, 3.05) is 13.1 Å². The van der Waals surface area contributed by atoms with E-state index in [1.807, 2.05) is 0 Å². The first-order chi connectivity index (χ1) is 8.97. The Balaban J connectivity index is 1.95. The molecule has 6 heteroatoms. The Kier molecular flexibility index (Phi) is 4.54. The number of nitrogens with one attached hydrogen (secondary N) is 1. The Morgan fingerprint density at radius 1 is 1.37 bits per heavy atom. The molecule has 1 saturated heterocycles. The number of hydrogen-bond acceptors (Lipinski definition) is 2. The normalized spacial score (nSPS) is 21.5. The second-order valence-corrected chi connectivity index (χ2v) is 6.81. The van der Waals surface area contributed by atoms with Crippen LogP contribution in [-0.4, -0.2) is 25.8 Å². The maximum absolute atomic E-state index is 12.7. The number of rotatable bonds is 4. The minimum atomic E-state index is -3.43. The predicted octanol–water partition coefficient (Wildman–Crippen LogP) is 1.89. The molecule has 1 aromatic rings. The van der Waals surface area contributed by atoms with Gasteiger partial charge in [-0.25, -0.2) is 4.39 Å². The molecule has 0 unspecified atom stereocenters. The molecule has 0 bridgehead atoms. The molecule has 1 aliphatic heterocycles. The summed E-state index contributed by atoms with van der Waals surface area (Å²) < 4.78 is 41.0. The summed E-state index contributed by atoms with van der Waals surface area (Å²) in [6.45, 7) is 3.39. The van der Waals surface area contributed by atoms with Crippen LogP contribution in [0.15, 0.2) is 24.3 Å². The minimum Gasteiger partial charge on any atom is -0.207 e. The number of benzene rings is 1. The lowest BCUT2D eigenvalue weighted by Gasteiger charge is -2.29. The van der Waals surface area contributed by atoms with Gasteiger partial charge in [0.15, 0.2) is 0 Å². The van der Waals surface area contributed by atoms with Gasteiger partial charge in [0.05, 0.1) is 0 Å². The molecule has 1 fully saturated rings. The minimum absolute atomic E-state index is 0.188. The lowest BCUT2D eigenvalue weighted by Crippen LogP contribution is -2.45. The second kappa shape index (κ2) is 5.98. The summed E-state index contributed by atoms with van der Waals surface area (Å²) in [5.74, 6) is 0.0765. The molecule has 0 aromatic heterocycles. The predicted molar refractivity (Wildman–Crippen MR) is 72.1 cm³/mol. The molecule has 1 aromatic carbocycles. The lowest BCUT2D eigenvalue weighted by molar-refractivity contribution is 0.278. The summed E-state index contributed by atoms with van der Waals surface area (Å²) in [5, 5.41) is 0. The highest BCUT2D eigenvalue weighted by molar-refractivity contribution is 7.87. The van der Waals surface area contributed by atoms with Gasteiger partial charge in [0.25, 0.3) is 10.2 Å². The van der Waals surface area contributed by atoms with E-state index < -0.39 is 10.2 Å². The molecule has 0 spiro atoms. The van der Waals surface area contributed by atoms with Crippen molar-refractivity contribution in [1.29, 1.82) is 0 Å². The zero-order chi connectivity index (χ0) is 13.9. The van der Waals surface area contributed by atoms with E-state index in [4.69, 9.17) is 0 Å². The summed E-state index contributed by atoms with van der Waals surface area (Å²) in [4.78, 5) is 0. The fraction of sp³-hybridized carbons (Fsp3) is 0.538. The molecule has 19 heavy (non-hydrogen) atoms. The average molecular weight is 286 g/mol. The van der Waals surface area contributed by atoms with Gasteiger partial charge in [-0.05, 0) is 36.5 Å². The third-order valence-electron chi connectivity index (χ3n) is 3.33. The highest BCUT2D eigenvalue weighted by Gasteiger charge is 2.26. The molecule has 0 radical (unpaired) electrons. The molecule has 1 N–H and O–H groups in total. The maximum Gasteiger partial charge on any atom is 0.279 e. The molecular formula is C13H19FN2O2S. The van der Waals surface area contributed by atoms with E-state index in [9.17, 15) is 12.8 Å². The van der Waals surface area contributed by atoms with E-state index in [-0.39, 0.29) is 12.4 Å². The number of nitrogens with zero attached hydrogens (tertiary/aromatic N) is 1. The van der Waals surface area contributed by atoms with Crippen LogP contribution in [0.1, 0.15) is 25.3 Å². The smallest absolute Gasteiger partial charge is 0.207 e. The van der Waals surface area contributed by atoms with Crippen LogP contribution in [0.5, 0.6) is 0 Å². The van der Waals surface area contributed by atoms with Gasteiger partial charge in [-0.1, -0.05) is 19.1 Å². The summed E-state index contributed by atoms with van der Waals surface area (Å²) in [6, 6.07) is 5.81. The fourth-order valence-corrected chi connectivity index (χ4v) is 3.58. The van der Waals surface area contributed by atoms with Gasteiger partial charge in [0.2, 0.25) is 0 Å². The second-order valence-electron chi connectivity index (χ2n) is 5.06. The van der Waals surface area contributed by atoms with Gasteiger partial charge in [-0.3, -0.25) is 0 Å². The van der Waals surface area contributed by atoms with Crippen molar-refractivity contribution >= 4 is 10.2 Å². The lowest BCUT2D eigenvalue weighted by atomic mass is 10.0. The first-order valence-electron chi connectivity index (χ1n) is 6.46. The molecule has 1 aliphatic rings. The van der Waals surface area contributed by atoms with Crippen LogP contribution in [0.2, 0.25) is 0 Å². The fourth-order valence-electron chi connectivity index (χ4n) is 2.23. The van der Waals surface area contributed by atoms with Crippen molar-refractivity contribution in [2.45, 2.75) is 26.3 Å². The van der Waals surface area contributed by atoms with Crippen LogP contribution in [0, 0.1) is 11.7 Å². The Hall–Kier alpha value is -0.980. The first kappa shape index (κ1) is 14.4. The molecule has 2 rings (SSSR count). The Bertz CT molecular complexity index is 516. The Morgan fingerprint density at radius 3 is 2.68 bits per heavy atom. The van der Waals surface area contributed by atoms with Gasteiger partial charge < -0.3 is 0 Å². The summed E-state index contributed by atoms with van der Waals surface area (Å²) >= 11 is 0. The Labute approximate surface area is 113 Å². The molecular weight excluding hydrogens is 267 g/mol. The third kappa shape index (κ3) is 3.99. The molecule has 4 nitrogen and oxygen atoms in total. The van der Waals surface area contributed by atoms with Crippen molar-refractivity contribution in [2.24, 2.45) is 5.92 Å². The highest BCUT2D eigenvalue weighted by Crippen LogP contribution is 2.17. The molecule has 1 atom stereocenters. The molecule has 0 aliphatic carbocycles. The summed E-state index contributed by atoms with van der Waals surface area (Å²) in [7, 11) is -3.43. The van der Waals surface area contributed by atoms with Crippen molar-refractivity contribution in [3.8, 4) is 0 Å². The van der Waals surface area contributed by atoms with Crippen LogP contribution in [0.4, 0.5) is 4.39 Å². The van der Waals surface area contributed by atoms with Crippen molar-refractivity contribution in [3.05, 3.63) is 35.6 Å². The molecule has 1 heterocycles. The van der Waals surface area contributed by atoms with E-state index in [0.717, 1.165) is 18.4 Å².